The zero-order chi connectivity index (χ0) is 12.6. The SMILES string of the molecule is CCC1(C)C(N)CC1Oc1c(Cl)cccc1Cl. The average molecular weight is 274 g/mol. The minimum Gasteiger partial charge on any atom is -0.487 e. The Balaban J connectivity index is 2.18. The van der Waals surface area contributed by atoms with E-state index in [0.717, 1.165) is 12.8 Å². The van der Waals surface area contributed by atoms with Gasteiger partial charge < -0.3 is 10.5 Å². The topological polar surface area (TPSA) is 35.2 Å². The summed E-state index contributed by atoms with van der Waals surface area (Å²) >= 11 is 12.2. The molecule has 2 N–H and O–H groups in total. The van der Waals surface area contributed by atoms with Crippen molar-refractivity contribution >= 4 is 23.2 Å². The van der Waals surface area contributed by atoms with E-state index >= 15 is 0 Å². The monoisotopic (exact) mass is 273 g/mol. The molecule has 1 aromatic rings. The number of hydrogen-bond acceptors (Lipinski definition) is 2. The minimum absolute atomic E-state index is 0.0164. The molecule has 2 rings (SSSR count). The molecule has 17 heavy (non-hydrogen) atoms. The molecule has 0 aromatic heterocycles. The Morgan fingerprint density at radius 1 is 1.41 bits per heavy atom. The van der Waals surface area contributed by atoms with Gasteiger partial charge in [0.25, 0.3) is 0 Å². The van der Waals surface area contributed by atoms with Crippen LogP contribution in [0.1, 0.15) is 26.7 Å². The number of hydrogen-bond donors (Lipinski definition) is 1. The van der Waals surface area contributed by atoms with Crippen LogP contribution in [-0.2, 0) is 0 Å². The fourth-order valence-corrected chi connectivity index (χ4v) is 2.74. The molecule has 0 saturated heterocycles. The smallest absolute Gasteiger partial charge is 0.156 e. The first-order chi connectivity index (χ1) is 7.99. The second-order valence-electron chi connectivity index (χ2n) is 4.86. The van der Waals surface area contributed by atoms with E-state index in [0.29, 0.717) is 15.8 Å². The molecule has 0 spiro atoms. The fraction of sp³-hybridized carbons (Fsp3) is 0.538. The van der Waals surface area contributed by atoms with Gasteiger partial charge in [-0.05, 0) is 18.6 Å². The van der Waals surface area contributed by atoms with Crippen LogP contribution >= 0.6 is 23.2 Å². The lowest BCUT2D eigenvalue weighted by molar-refractivity contribution is -0.0559. The van der Waals surface area contributed by atoms with E-state index in [2.05, 4.69) is 13.8 Å². The van der Waals surface area contributed by atoms with Crippen molar-refractivity contribution in [1.82, 2.24) is 0 Å². The number of para-hydroxylation sites is 1. The Bertz CT molecular complexity index is 404. The van der Waals surface area contributed by atoms with E-state index in [1.807, 2.05) is 6.07 Å². The van der Waals surface area contributed by atoms with Crippen molar-refractivity contribution in [2.24, 2.45) is 11.1 Å². The minimum atomic E-state index is 0.0164. The van der Waals surface area contributed by atoms with E-state index in [9.17, 15) is 0 Å². The van der Waals surface area contributed by atoms with Gasteiger partial charge in [0.2, 0.25) is 0 Å². The van der Waals surface area contributed by atoms with Crippen molar-refractivity contribution in [1.29, 1.82) is 0 Å². The summed E-state index contributed by atoms with van der Waals surface area (Å²) in [5.41, 5.74) is 6.06. The molecule has 1 aliphatic rings. The summed E-state index contributed by atoms with van der Waals surface area (Å²) in [6.07, 6.45) is 1.94. The maximum Gasteiger partial charge on any atom is 0.156 e. The van der Waals surface area contributed by atoms with E-state index < -0.39 is 0 Å². The lowest BCUT2D eigenvalue weighted by Crippen LogP contribution is -2.61. The lowest BCUT2D eigenvalue weighted by Gasteiger charge is -2.51. The molecule has 1 aliphatic carbocycles. The summed E-state index contributed by atoms with van der Waals surface area (Å²) in [5, 5.41) is 1.10. The van der Waals surface area contributed by atoms with Gasteiger partial charge in [-0.3, -0.25) is 0 Å². The molecular formula is C13H17Cl2NO. The summed E-state index contributed by atoms with van der Waals surface area (Å²) in [4.78, 5) is 0. The number of ether oxygens (including phenoxy) is 1. The number of rotatable bonds is 3. The average Bonchev–Trinajstić information content (AvgIpc) is 2.31. The quantitative estimate of drug-likeness (QED) is 0.907. The van der Waals surface area contributed by atoms with Crippen LogP contribution in [0.3, 0.4) is 0 Å². The molecule has 94 valence electrons. The van der Waals surface area contributed by atoms with Gasteiger partial charge in [-0.15, -0.1) is 0 Å². The van der Waals surface area contributed by atoms with Crippen molar-refractivity contribution < 1.29 is 4.74 Å². The zero-order valence-electron chi connectivity index (χ0n) is 10.0. The fourth-order valence-electron chi connectivity index (χ4n) is 2.26. The molecular weight excluding hydrogens is 257 g/mol. The van der Waals surface area contributed by atoms with E-state index in [1.165, 1.54) is 0 Å². The second kappa shape index (κ2) is 4.68. The highest BCUT2D eigenvalue weighted by molar-refractivity contribution is 6.37. The molecule has 3 atom stereocenters. The second-order valence-corrected chi connectivity index (χ2v) is 5.67. The highest BCUT2D eigenvalue weighted by Gasteiger charge is 2.50. The molecule has 1 aromatic carbocycles. The third kappa shape index (κ3) is 2.14. The lowest BCUT2D eigenvalue weighted by atomic mass is 9.62. The summed E-state index contributed by atoms with van der Waals surface area (Å²) in [7, 11) is 0. The van der Waals surface area contributed by atoms with Crippen LogP contribution in [0.25, 0.3) is 0 Å². The molecule has 1 fully saturated rings. The molecule has 4 heteroatoms. The van der Waals surface area contributed by atoms with Crippen molar-refractivity contribution in [3.05, 3.63) is 28.2 Å². The zero-order valence-corrected chi connectivity index (χ0v) is 11.6. The molecule has 2 nitrogen and oxygen atoms in total. The maximum atomic E-state index is 6.09. The van der Waals surface area contributed by atoms with Crippen molar-refractivity contribution in [2.75, 3.05) is 0 Å². The van der Waals surface area contributed by atoms with E-state index in [-0.39, 0.29) is 17.6 Å². The van der Waals surface area contributed by atoms with Gasteiger partial charge in [-0.25, -0.2) is 0 Å². The van der Waals surface area contributed by atoms with Gasteiger partial charge in [0.15, 0.2) is 5.75 Å². The number of halogens is 2. The van der Waals surface area contributed by atoms with Gasteiger partial charge in [0.1, 0.15) is 6.10 Å². The number of benzene rings is 1. The predicted octanol–water partition coefficient (Wildman–Crippen LogP) is 3.89. The highest BCUT2D eigenvalue weighted by Crippen LogP contribution is 2.46. The van der Waals surface area contributed by atoms with Gasteiger partial charge in [0.05, 0.1) is 10.0 Å². The molecule has 0 aliphatic heterocycles. The van der Waals surface area contributed by atoms with Crippen LogP contribution in [0, 0.1) is 5.41 Å². The van der Waals surface area contributed by atoms with E-state index in [1.54, 1.807) is 12.1 Å². The van der Waals surface area contributed by atoms with Crippen molar-refractivity contribution in [2.45, 2.75) is 38.8 Å². The highest BCUT2D eigenvalue weighted by atomic mass is 35.5. The molecule has 0 amide bonds. The van der Waals surface area contributed by atoms with Crippen LogP contribution < -0.4 is 10.5 Å². The van der Waals surface area contributed by atoms with Crippen LogP contribution in [-0.4, -0.2) is 12.1 Å². The normalized spacial score (nSPS) is 32.1. The van der Waals surface area contributed by atoms with Gasteiger partial charge in [-0.1, -0.05) is 43.1 Å². The Kier molecular flexibility index (Phi) is 3.58. The number of nitrogens with two attached hydrogens (primary N) is 1. The molecule has 0 heterocycles. The summed E-state index contributed by atoms with van der Waals surface area (Å²) in [6, 6.07) is 5.57. The Labute approximate surface area is 112 Å². The summed E-state index contributed by atoms with van der Waals surface area (Å²) < 4.78 is 5.94. The molecule has 1 saturated carbocycles. The predicted molar refractivity (Wildman–Crippen MR) is 71.9 cm³/mol. The summed E-state index contributed by atoms with van der Waals surface area (Å²) in [5.74, 6) is 0.576. The third-order valence-electron chi connectivity index (χ3n) is 3.99. The summed E-state index contributed by atoms with van der Waals surface area (Å²) in [6.45, 7) is 4.28. The Morgan fingerprint density at radius 3 is 2.47 bits per heavy atom. The van der Waals surface area contributed by atoms with E-state index in [4.69, 9.17) is 33.7 Å². The first kappa shape index (κ1) is 13.0. The first-order valence-electron chi connectivity index (χ1n) is 5.85. The standard InChI is InChI=1S/C13H17Cl2NO/c1-3-13(2)10(16)7-11(13)17-12-8(14)5-4-6-9(12)15/h4-6,10-11H,3,7,16H2,1-2H3. The van der Waals surface area contributed by atoms with Crippen LogP contribution in [0.15, 0.2) is 18.2 Å². The van der Waals surface area contributed by atoms with Crippen LogP contribution in [0.4, 0.5) is 0 Å². The van der Waals surface area contributed by atoms with Gasteiger partial charge in [-0.2, -0.15) is 0 Å². The van der Waals surface area contributed by atoms with Gasteiger partial charge >= 0.3 is 0 Å². The molecule has 3 unspecified atom stereocenters. The molecule has 0 bridgehead atoms. The van der Waals surface area contributed by atoms with Crippen LogP contribution in [0.2, 0.25) is 10.0 Å². The first-order valence-corrected chi connectivity index (χ1v) is 6.61. The Morgan fingerprint density at radius 2 is 2.00 bits per heavy atom. The van der Waals surface area contributed by atoms with Crippen molar-refractivity contribution in [3.63, 3.8) is 0 Å². The maximum absolute atomic E-state index is 6.09. The molecule has 0 radical (unpaired) electrons. The van der Waals surface area contributed by atoms with Crippen molar-refractivity contribution in [3.8, 4) is 5.75 Å². The third-order valence-corrected chi connectivity index (χ3v) is 4.59. The largest absolute Gasteiger partial charge is 0.487 e. The van der Waals surface area contributed by atoms with Crippen LogP contribution in [0.5, 0.6) is 5.75 Å². The van der Waals surface area contributed by atoms with Gasteiger partial charge in [0, 0.05) is 17.9 Å². The Hall–Kier alpha value is -0.440.